The SMILES string of the molecule is ClCc1cccc(Oc2ccnc(Cl)c2)n1. The standard InChI is InChI=1S/C11H8Cl2N2O/c12-7-8-2-1-3-11(15-8)16-9-4-5-14-10(13)6-9/h1-6H,7H2. The maximum atomic E-state index is 5.74. The second-order valence-electron chi connectivity index (χ2n) is 3.02. The summed E-state index contributed by atoms with van der Waals surface area (Å²) in [5.41, 5.74) is 0.763. The van der Waals surface area contributed by atoms with Gasteiger partial charge in [0.05, 0.1) is 11.6 Å². The van der Waals surface area contributed by atoms with Crippen LogP contribution in [-0.2, 0) is 5.88 Å². The van der Waals surface area contributed by atoms with E-state index in [0.29, 0.717) is 22.7 Å². The van der Waals surface area contributed by atoms with Crippen molar-refractivity contribution in [2.75, 3.05) is 0 Å². The highest BCUT2D eigenvalue weighted by Gasteiger charge is 2.01. The molecule has 0 aliphatic rings. The highest BCUT2D eigenvalue weighted by Crippen LogP contribution is 2.21. The first-order valence-corrected chi connectivity index (χ1v) is 5.50. The molecule has 0 aliphatic heterocycles. The number of rotatable bonds is 3. The monoisotopic (exact) mass is 254 g/mol. The molecule has 82 valence electrons. The summed E-state index contributed by atoms with van der Waals surface area (Å²) in [6.45, 7) is 0. The quantitative estimate of drug-likeness (QED) is 0.620. The predicted octanol–water partition coefficient (Wildman–Crippen LogP) is 3.66. The third kappa shape index (κ3) is 2.84. The van der Waals surface area contributed by atoms with Gasteiger partial charge < -0.3 is 4.74 Å². The molecule has 3 nitrogen and oxygen atoms in total. The maximum Gasteiger partial charge on any atom is 0.219 e. The molecular weight excluding hydrogens is 247 g/mol. The zero-order valence-corrected chi connectivity index (χ0v) is 9.74. The fourth-order valence-corrected chi connectivity index (χ4v) is 1.47. The predicted molar refractivity (Wildman–Crippen MR) is 63.1 cm³/mol. The van der Waals surface area contributed by atoms with Crippen LogP contribution >= 0.6 is 23.2 Å². The molecule has 0 amide bonds. The van der Waals surface area contributed by atoms with Crippen LogP contribution in [0.1, 0.15) is 5.69 Å². The number of pyridine rings is 2. The van der Waals surface area contributed by atoms with Gasteiger partial charge in [-0.3, -0.25) is 0 Å². The van der Waals surface area contributed by atoms with E-state index in [0.717, 1.165) is 5.69 Å². The fraction of sp³-hybridized carbons (Fsp3) is 0.0909. The van der Waals surface area contributed by atoms with Gasteiger partial charge in [0.1, 0.15) is 10.9 Å². The molecule has 0 saturated carbocycles. The van der Waals surface area contributed by atoms with Crippen molar-refractivity contribution < 1.29 is 4.74 Å². The minimum atomic E-state index is 0.355. The van der Waals surface area contributed by atoms with Crippen molar-refractivity contribution in [3.05, 3.63) is 47.4 Å². The summed E-state index contributed by atoms with van der Waals surface area (Å²) < 4.78 is 5.51. The highest BCUT2D eigenvalue weighted by atomic mass is 35.5. The van der Waals surface area contributed by atoms with Gasteiger partial charge in [0, 0.05) is 18.3 Å². The topological polar surface area (TPSA) is 35.0 Å². The second kappa shape index (κ2) is 5.14. The van der Waals surface area contributed by atoms with Gasteiger partial charge in [0.15, 0.2) is 0 Å². The van der Waals surface area contributed by atoms with Gasteiger partial charge in [-0.2, -0.15) is 0 Å². The van der Waals surface area contributed by atoms with Crippen LogP contribution in [0.5, 0.6) is 11.6 Å². The Morgan fingerprint density at radius 3 is 2.88 bits per heavy atom. The van der Waals surface area contributed by atoms with E-state index < -0.39 is 0 Å². The van der Waals surface area contributed by atoms with Crippen LogP contribution in [0.4, 0.5) is 0 Å². The van der Waals surface area contributed by atoms with Gasteiger partial charge in [-0.15, -0.1) is 11.6 Å². The number of nitrogens with zero attached hydrogens (tertiary/aromatic N) is 2. The minimum Gasteiger partial charge on any atom is -0.439 e. The van der Waals surface area contributed by atoms with Crippen molar-refractivity contribution >= 4 is 23.2 Å². The zero-order valence-electron chi connectivity index (χ0n) is 8.23. The van der Waals surface area contributed by atoms with Crippen LogP contribution in [0, 0.1) is 0 Å². The number of ether oxygens (including phenoxy) is 1. The molecular formula is C11H8Cl2N2O. The zero-order chi connectivity index (χ0) is 11.4. The van der Waals surface area contributed by atoms with E-state index >= 15 is 0 Å². The van der Waals surface area contributed by atoms with Gasteiger partial charge in [-0.1, -0.05) is 17.7 Å². The summed E-state index contributed by atoms with van der Waals surface area (Å²) in [6.07, 6.45) is 1.57. The first-order chi connectivity index (χ1) is 7.78. The Kier molecular flexibility index (Phi) is 3.59. The number of hydrogen-bond acceptors (Lipinski definition) is 3. The van der Waals surface area contributed by atoms with Crippen LogP contribution < -0.4 is 4.74 Å². The van der Waals surface area contributed by atoms with Crippen LogP contribution in [0.15, 0.2) is 36.5 Å². The Balaban J connectivity index is 2.20. The van der Waals surface area contributed by atoms with Crippen LogP contribution in [0.2, 0.25) is 5.15 Å². The van der Waals surface area contributed by atoms with E-state index in [-0.39, 0.29) is 0 Å². The molecule has 0 atom stereocenters. The molecule has 0 aliphatic carbocycles. The van der Waals surface area contributed by atoms with E-state index in [9.17, 15) is 0 Å². The van der Waals surface area contributed by atoms with Crippen molar-refractivity contribution in [3.63, 3.8) is 0 Å². The van der Waals surface area contributed by atoms with Crippen molar-refractivity contribution in [3.8, 4) is 11.6 Å². The lowest BCUT2D eigenvalue weighted by Gasteiger charge is -2.05. The Labute approximate surface area is 103 Å². The Morgan fingerprint density at radius 1 is 1.25 bits per heavy atom. The Morgan fingerprint density at radius 2 is 2.12 bits per heavy atom. The molecule has 2 heterocycles. The summed E-state index contributed by atoms with van der Waals surface area (Å²) in [5.74, 6) is 1.44. The van der Waals surface area contributed by atoms with Crippen molar-refractivity contribution in [1.29, 1.82) is 0 Å². The average molecular weight is 255 g/mol. The van der Waals surface area contributed by atoms with Crippen molar-refractivity contribution in [2.45, 2.75) is 5.88 Å². The largest absolute Gasteiger partial charge is 0.439 e. The third-order valence-electron chi connectivity index (χ3n) is 1.84. The summed E-state index contributed by atoms with van der Waals surface area (Å²) >= 11 is 11.4. The molecule has 0 fully saturated rings. The minimum absolute atomic E-state index is 0.355. The maximum absolute atomic E-state index is 5.74. The van der Waals surface area contributed by atoms with Gasteiger partial charge in [-0.25, -0.2) is 9.97 Å². The Hall–Kier alpha value is -1.32. The Bertz CT molecular complexity index is 491. The molecule has 0 spiro atoms. The van der Waals surface area contributed by atoms with Crippen LogP contribution in [0.3, 0.4) is 0 Å². The van der Waals surface area contributed by atoms with Crippen LogP contribution in [-0.4, -0.2) is 9.97 Å². The summed E-state index contributed by atoms with van der Waals surface area (Å²) in [4.78, 5) is 8.06. The molecule has 16 heavy (non-hydrogen) atoms. The summed E-state index contributed by atoms with van der Waals surface area (Å²) in [7, 11) is 0. The van der Waals surface area contributed by atoms with E-state index in [2.05, 4.69) is 9.97 Å². The molecule has 0 unspecified atom stereocenters. The van der Waals surface area contributed by atoms with Crippen molar-refractivity contribution in [2.24, 2.45) is 0 Å². The number of aromatic nitrogens is 2. The van der Waals surface area contributed by atoms with Crippen LogP contribution in [0.25, 0.3) is 0 Å². The van der Waals surface area contributed by atoms with Gasteiger partial charge in [0.2, 0.25) is 5.88 Å². The lowest BCUT2D eigenvalue weighted by Crippen LogP contribution is -1.91. The van der Waals surface area contributed by atoms with Crippen molar-refractivity contribution in [1.82, 2.24) is 9.97 Å². The van der Waals surface area contributed by atoms with Gasteiger partial charge >= 0.3 is 0 Å². The average Bonchev–Trinajstić information content (AvgIpc) is 2.29. The highest BCUT2D eigenvalue weighted by molar-refractivity contribution is 6.29. The first-order valence-electron chi connectivity index (χ1n) is 4.59. The molecule has 0 bridgehead atoms. The smallest absolute Gasteiger partial charge is 0.219 e. The molecule has 0 radical (unpaired) electrons. The summed E-state index contributed by atoms with van der Waals surface area (Å²) in [5, 5.41) is 0.381. The second-order valence-corrected chi connectivity index (χ2v) is 3.67. The van der Waals surface area contributed by atoms with Gasteiger partial charge in [-0.05, 0) is 12.1 Å². The van der Waals surface area contributed by atoms with E-state index in [1.54, 1.807) is 24.4 Å². The normalized spacial score (nSPS) is 10.1. The summed E-state index contributed by atoms with van der Waals surface area (Å²) in [6, 6.07) is 8.75. The number of alkyl halides is 1. The number of halogens is 2. The molecule has 5 heteroatoms. The third-order valence-corrected chi connectivity index (χ3v) is 2.32. The lowest BCUT2D eigenvalue weighted by molar-refractivity contribution is 0.461. The van der Waals surface area contributed by atoms with Gasteiger partial charge in [0.25, 0.3) is 0 Å². The molecule has 2 aromatic heterocycles. The van der Waals surface area contributed by atoms with E-state index in [1.165, 1.54) is 0 Å². The van der Waals surface area contributed by atoms with E-state index in [4.69, 9.17) is 27.9 Å². The molecule has 2 aromatic rings. The number of hydrogen-bond donors (Lipinski definition) is 0. The molecule has 0 N–H and O–H groups in total. The fourth-order valence-electron chi connectivity index (χ4n) is 1.16. The molecule has 2 rings (SSSR count). The molecule has 0 saturated heterocycles. The molecule has 0 aromatic carbocycles. The first kappa shape index (κ1) is 11.2. The lowest BCUT2D eigenvalue weighted by atomic mass is 10.4. The van der Waals surface area contributed by atoms with E-state index in [1.807, 2.05) is 12.1 Å².